The van der Waals surface area contributed by atoms with Crippen molar-refractivity contribution in [2.45, 2.75) is 6.42 Å². The molecule has 6 heteroatoms. The molecular formula is C12H18N4O2. The van der Waals surface area contributed by atoms with Gasteiger partial charge in [-0.15, -0.1) is 0 Å². The topological polar surface area (TPSA) is 58.6 Å². The number of nitrogens with zero attached hydrogens (tertiary/aromatic N) is 4. The van der Waals surface area contributed by atoms with Gasteiger partial charge in [-0.2, -0.15) is 4.98 Å². The first-order valence-corrected chi connectivity index (χ1v) is 5.92. The lowest BCUT2D eigenvalue weighted by Gasteiger charge is -2.20. The van der Waals surface area contributed by atoms with E-state index in [9.17, 15) is 4.79 Å². The van der Waals surface area contributed by atoms with Crippen LogP contribution < -0.4 is 9.64 Å². The van der Waals surface area contributed by atoms with Crippen molar-refractivity contribution < 1.29 is 9.53 Å². The number of hydrogen-bond donors (Lipinski definition) is 0. The Balaban J connectivity index is 1.99. The molecule has 1 aliphatic rings. The van der Waals surface area contributed by atoms with Crippen LogP contribution in [0.5, 0.6) is 5.88 Å². The summed E-state index contributed by atoms with van der Waals surface area (Å²) in [6.45, 7) is 1.57. The summed E-state index contributed by atoms with van der Waals surface area (Å²) >= 11 is 0. The monoisotopic (exact) mass is 250 g/mol. The van der Waals surface area contributed by atoms with E-state index < -0.39 is 0 Å². The van der Waals surface area contributed by atoms with Crippen molar-refractivity contribution in [2.24, 2.45) is 5.92 Å². The summed E-state index contributed by atoms with van der Waals surface area (Å²) in [5.74, 6) is 1.71. The van der Waals surface area contributed by atoms with E-state index in [-0.39, 0.29) is 5.91 Å². The Bertz CT molecular complexity index is 438. The SMILES string of the molecule is COc1ccnc(N(C)CC2CC(=O)N(C)C2)n1. The Kier molecular flexibility index (Phi) is 3.64. The fraction of sp³-hybridized carbons (Fsp3) is 0.583. The van der Waals surface area contributed by atoms with Crippen LogP contribution in [0.4, 0.5) is 5.95 Å². The van der Waals surface area contributed by atoms with E-state index in [1.165, 1.54) is 0 Å². The molecule has 0 aromatic carbocycles. The first kappa shape index (κ1) is 12.6. The van der Waals surface area contributed by atoms with E-state index >= 15 is 0 Å². The molecule has 0 saturated carbocycles. The number of carbonyl (C=O) groups excluding carboxylic acids is 1. The minimum Gasteiger partial charge on any atom is -0.481 e. The highest BCUT2D eigenvalue weighted by molar-refractivity contribution is 5.78. The maximum absolute atomic E-state index is 11.5. The lowest BCUT2D eigenvalue weighted by molar-refractivity contribution is -0.126. The standard InChI is InChI=1S/C12H18N4O2/c1-15-7-9(6-11(15)17)8-16(2)12-13-5-4-10(14-12)18-3/h4-5,9H,6-8H2,1-3H3. The van der Waals surface area contributed by atoms with Crippen LogP contribution in [0.2, 0.25) is 0 Å². The molecule has 0 aliphatic carbocycles. The Morgan fingerprint density at radius 1 is 1.61 bits per heavy atom. The van der Waals surface area contributed by atoms with E-state index in [0.717, 1.165) is 13.1 Å². The Hall–Kier alpha value is -1.85. The summed E-state index contributed by atoms with van der Waals surface area (Å²) in [6, 6.07) is 1.71. The van der Waals surface area contributed by atoms with Gasteiger partial charge < -0.3 is 14.5 Å². The molecule has 6 nitrogen and oxygen atoms in total. The van der Waals surface area contributed by atoms with E-state index in [2.05, 4.69) is 9.97 Å². The summed E-state index contributed by atoms with van der Waals surface area (Å²) in [5, 5.41) is 0. The Morgan fingerprint density at radius 3 is 3.00 bits per heavy atom. The minimum absolute atomic E-state index is 0.208. The maximum atomic E-state index is 11.5. The number of methoxy groups -OCH3 is 1. The number of hydrogen-bond acceptors (Lipinski definition) is 5. The summed E-state index contributed by atoms with van der Waals surface area (Å²) in [7, 11) is 5.35. The number of amides is 1. The highest BCUT2D eigenvalue weighted by Gasteiger charge is 2.28. The summed E-state index contributed by atoms with van der Waals surface area (Å²) in [5.41, 5.74) is 0. The molecule has 1 aromatic rings. The molecule has 1 aromatic heterocycles. The molecule has 0 radical (unpaired) electrons. The van der Waals surface area contributed by atoms with Gasteiger partial charge in [-0.25, -0.2) is 4.98 Å². The van der Waals surface area contributed by atoms with Gasteiger partial charge in [-0.1, -0.05) is 0 Å². The van der Waals surface area contributed by atoms with Crippen LogP contribution in [-0.2, 0) is 4.79 Å². The van der Waals surface area contributed by atoms with Crippen molar-refractivity contribution in [1.82, 2.24) is 14.9 Å². The predicted octanol–water partition coefficient (Wildman–Crippen LogP) is 0.400. The quantitative estimate of drug-likeness (QED) is 0.774. The first-order valence-electron chi connectivity index (χ1n) is 5.92. The lowest BCUT2D eigenvalue weighted by Crippen LogP contribution is -2.28. The average Bonchev–Trinajstić information content (AvgIpc) is 2.68. The normalized spacial score (nSPS) is 19.2. The van der Waals surface area contributed by atoms with Crippen molar-refractivity contribution in [3.8, 4) is 5.88 Å². The predicted molar refractivity (Wildman–Crippen MR) is 67.6 cm³/mol. The molecule has 2 heterocycles. The molecule has 1 saturated heterocycles. The van der Waals surface area contributed by atoms with Crippen molar-refractivity contribution >= 4 is 11.9 Å². The second-order valence-electron chi connectivity index (χ2n) is 4.62. The largest absolute Gasteiger partial charge is 0.481 e. The van der Waals surface area contributed by atoms with Gasteiger partial charge in [-0.3, -0.25) is 4.79 Å². The molecule has 1 unspecified atom stereocenters. The van der Waals surface area contributed by atoms with Crippen LogP contribution >= 0.6 is 0 Å². The van der Waals surface area contributed by atoms with E-state index in [1.807, 2.05) is 19.0 Å². The van der Waals surface area contributed by atoms with Crippen molar-refractivity contribution in [3.05, 3.63) is 12.3 Å². The zero-order chi connectivity index (χ0) is 13.1. The number of anilines is 1. The third-order valence-corrected chi connectivity index (χ3v) is 3.12. The van der Waals surface area contributed by atoms with E-state index in [4.69, 9.17) is 4.74 Å². The van der Waals surface area contributed by atoms with Crippen LogP contribution in [0.15, 0.2) is 12.3 Å². The summed E-state index contributed by atoms with van der Waals surface area (Å²) in [4.78, 5) is 23.7. The van der Waals surface area contributed by atoms with Gasteiger partial charge in [0.2, 0.25) is 17.7 Å². The smallest absolute Gasteiger partial charge is 0.228 e. The molecule has 0 spiro atoms. The molecule has 0 bridgehead atoms. The van der Waals surface area contributed by atoms with Crippen LogP contribution in [0.25, 0.3) is 0 Å². The molecule has 1 aliphatic heterocycles. The highest BCUT2D eigenvalue weighted by atomic mass is 16.5. The number of aromatic nitrogens is 2. The number of likely N-dealkylation sites (tertiary alicyclic amines) is 1. The van der Waals surface area contributed by atoms with Gasteiger partial charge in [0.1, 0.15) is 0 Å². The van der Waals surface area contributed by atoms with Gasteiger partial charge in [-0.05, 0) is 0 Å². The van der Waals surface area contributed by atoms with Crippen molar-refractivity contribution in [3.63, 3.8) is 0 Å². The number of ether oxygens (including phenoxy) is 1. The first-order chi connectivity index (χ1) is 8.60. The van der Waals surface area contributed by atoms with Crippen molar-refractivity contribution in [1.29, 1.82) is 0 Å². The van der Waals surface area contributed by atoms with E-state index in [1.54, 1.807) is 24.3 Å². The molecule has 1 amide bonds. The van der Waals surface area contributed by atoms with Crippen LogP contribution in [0, 0.1) is 5.92 Å². The van der Waals surface area contributed by atoms with Crippen molar-refractivity contribution in [2.75, 3.05) is 39.2 Å². The average molecular weight is 250 g/mol. The Morgan fingerprint density at radius 2 is 2.39 bits per heavy atom. The third-order valence-electron chi connectivity index (χ3n) is 3.12. The van der Waals surface area contributed by atoms with Gasteiger partial charge in [0.15, 0.2) is 0 Å². The third kappa shape index (κ3) is 2.69. The van der Waals surface area contributed by atoms with Gasteiger partial charge in [0.25, 0.3) is 0 Å². The number of carbonyl (C=O) groups is 1. The fourth-order valence-corrected chi connectivity index (χ4v) is 2.18. The summed E-state index contributed by atoms with van der Waals surface area (Å²) < 4.78 is 5.07. The van der Waals surface area contributed by atoms with Crippen LogP contribution in [-0.4, -0.2) is 55.1 Å². The van der Waals surface area contributed by atoms with E-state index in [0.29, 0.717) is 24.2 Å². The van der Waals surface area contributed by atoms with Gasteiger partial charge in [0.05, 0.1) is 7.11 Å². The molecule has 0 N–H and O–H groups in total. The second kappa shape index (κ2) is 5.20. The maximum Gasteiger partial charge on any atom is 0.228 e. The Labute approximate surface area is 107 Å². The fourth-order valence-electron chi connectivity index (χ4n) is 2.18. The van der Waals surface area contributed by atoms with Crippen LogP contribution in [0.3, 0.4) is 0 Å². The molecule has 98 valence electrons. The molecule has 2 rings (SSSR count). The number of rotatable bonds is 4. The highest BCUT2D eigenvalue weighted by Crippen LogP contribution is 2.19. The lowest BCUT2D eigenvalue weighted by atomic mass is 10.1. The minimum atomic E-state index is 0.208. The zero-order valence-electron chi connectivity index (χ0n) is 11.0. The molecule has 18 heavy (non-hydrogen) atoms. The zero-order valence-corrected chi connectivity index (χ0v) is 11.0. The van der Waals surface area contributed by atoms with Gasteiger partial charge in [0, 0.05) is 51.8 Å². The second-order valence-corrected chi connectivity index (χ2v) is 4.62. The molecule has 1 fully saturated rings. The van der Waals surface area contributed by atoms with Gasteiger partial charge >= 0.3 is 0 Å². The summed E-state index contributed by atoms with van der Waals surface area (Å²) in [6.07, 6.45) is 2.27. The van der Waals surface area contributed by atoms with Crippen LogP contribution in [0.1, 0.15) is 6.42 Å². The molecular weight excluding hydrogens is 232 g/mol. The molecule has 1 atom stereocenters.